The van der Waals surface area contributed by atoms with Crippen LogP contribution in [0.4, 0.5) is 5.82 Å². The number of thiophene rings is 1. The Kier molecular flexibility index (Phi) is 3.36. The van der Waals surface area contributed by atoms with Crippen LogP contribution in [0.15, 0.2) is 23.7 Å². The van der Waals surface area contributed by atoms with E-state index in [0.29, 0.717) is 0 Å². The highest BCUT2D eigenvalue weighted by atomic mass is 32.1. The molecule has 106 valence electrons. The van der Waals surface area contributed by atoms with Gasteiger partial charge >= 0.3 is 0 Å². The Hall–Kier alpha value is -1.13. The molecule has 0 bridgehead atoms. The van der Waals surface area contributed by atoms with Crippen LogP contribution < -0.4 is 10.2 Å². The molecular formula is C16H21N3S. The molecule has 4 rings (SSSR count). The van der Waals surface area contributed by atoms with E-state index < -0.39 is 0 Å². The van der Waals surface area contributed by atoms with E-state index in [1.807, 2.05) is 17.5 Å². The Balaban J connectivity index is 1.41. The second kappa shape index (κ2) is 5.34. The topological polar surface area (TPSA) is 28.2 Å². The number of pyridine rings is 1. The van der Waals surface area contributed by atoms with E-state index in [1.54, 1.807) is 0 Å². The molecule has 0 radical (unpaired) electrons. The average molecular weight is 287 g/mol. The van der Waals surface area contributed by atoms with Gasteiger partial charge in [-0.1, -0.05) is 0 Å². The minimum atomic E-state index is 0.842. The summed E-state index contributed by atoms with van der Waals surface area (Å²) in [6.45, 7) is 3.52. The van der Waals surface area contributed by atoms with Gasteiger partial charge in [0, 0.05) is 35.4 Å². The largest absolute Gasteiger partial charge is 0.356 e. The standard InChI is InChI=1S/C16H21N3S/c1-2-13(1)18-11-12-4-8-19(9-5-12)16-14-6-10-20-15(14)3-7-17-16/h3,6-7,10,12-13,18H,1-2,4-5,8-9,11H2. The zero-order chi connectivity index (χ0) is 13.4. The molecule has 0 atom stereocenters. The van der Waals surface area contributed by atoms with Crippen molar-refractivity contribution < 1.29 is 0 Å². The molecule has 1 N–H and O–H groups in total. The van der Waals surface area contributed by atoms with Crippen LogP contribution in [0.1, 0.15) is 25.7 Å². The fraction of sp³-hybridized carbons (Fsp3) is 0.562. The van der Waals surface area contributed by atoms with Gasteiger partial charge in [-0.3, -0.25) is 0 Å². The van der Waals surface area contributed by atoms with E-state index in [1.165, 1.54) is 48.1 Å². The van der Waals surface area contributed by atoms with E-state index in [-0.39, 0.29) is 0 Å². The van der Waals surface area contributed by atoms with Gasteiger partial charge in [-0.05, 0) is 55.7 Å². The highest BCUT2D eigenvalue weighted by molar-refractivity contribution is 7.17. The lowest BCUT2D eigenvalue weighted by atomic mass is 9.96. The van der Waals surface area contributed by atoms with Crippen LogP contribution in [0, 0.1) is 5.92 Å². The third-order valence-corrected chi connectivity index (χ3v) is 5.43. The van der Waals surface area contributed by atoms with Gasteiger partial charge in [0.1, 0.15) is 5.82 Å². The van der Waals surface area contributed by atoms with Gasteiger partial charge in [0.05, 0.1) is 0 Å². The molecular weight excluding hydrogens is 266 g/mol. The van der Waals surface area contributed by atoms with Gasteiger partial charge in [-0.25, -0.2) is 4.98 Å². The number of rotatable bonds is 4. The van der Waals surface area contributed by atoms with Crippen LogP contribution in [-0.4, -0.2) is 30.7 Å². The number of nitrogens with zero attached hydrogens (tertiary/aromatic N) is 2. The van der Waals surface area contributed by atoms with Crippen LogP contribution in [0.5, 0.6) is 0 Å². The molecule has 2 fully saturated rings. The van der Waals surface area contributed by atoms with Crippen LogP contribution in [0.3, 0.4) is 0 Å². The smallest absolute Gasteiger partial charge is 0.137 e. The number of nitrogens with one attached hydrogen (secondary N) is 1. The van der Waals surface area contributed by atoms with Crippen molar-refractivity contribution in [3.05, 3.63) is 23.7 Å². The highest BCUT2D eigenvalue weighted by Crippen LogP contribution is 2.31. The minimum absolute atomic E-state index is 0.842. The summed E-state index contributed by atoms with van der Waals surface area (Å²) in [4.78, 5) is 7.10. The second-order valence-electron chi connectivity index (χ2n) is 6.08. The van der Waals surface area contributed by atoms with Crippen molar-refractivity contribution in [1.29, 1.82) is 0 Å². The predicted molar refractivity (Wildman–Crippen MR) is 85.6 cm³/mol. The summed E-state index contributed by atoms with van der Waals surface area (Å²) >= 11 is 1.81. The van der Waals surface area contributed by atoms with Crippen LogP contribution in [0.25, 0.3) is 10.1 Å². The fourth-order valence-corrected chi connectivity index (χ4v) is 3.88. The average Bonchev–Trinajstić information content (AvgIpc) is 3.20. The summed E-state index contributed by atoms with van der Waals surface area (Å²) in [5.41, 5.74) is 0. The van der Waals surface area contributed by atoms with Crippen molar-refractivity contribution in [3.8, 4) is 0 Å². The van der Waals surface area contributed by atoms with E-state index >= 15 is 0 Å². The van der Waals surface area contributed by atoms with Crippen molar-refractivity contribution in [1.82, 2.24) is 10.3 Å². The van der Waals surface area contributed by atoms with Gasteiger partial charge < -0.3 is 10.2 Å². The summed E-state index contributed by atoms with van der Waals surface area (Å²) in [5.74, 6) is 2.05. The van der Waals surface area contributed by atoms with E-state index in [0.717, 1.165) is 25.0 Å². The van der Waals surface area contributed by atoms with E-state index in [2.05, 4.69) is 32.7 Å². The lowest BCUT2D eigenvalue weighted by Gasteiger charge is -2.33. The third-order valence-electron chi connectivity index (χ3n) is 4.55. The first-order valence-electron chi connectivity index (χ1n) is 7.71. The van der Waals surface area contributed by atoms with Crippen LogP contribution in [-0.2, 0) is 0 Å². The monoisotopic (exact) mass is 287 g/mol. The summed E-state index contributed by atoms with van der Waals surface area (Å²) < 4.78 is 1.35. The number of fused-ring (bicyclic) bond motifs is 1. The Morgan fingerprint density at radius 1 is 1.20 bits per heavy atom. The SMILES string of the molecule is c1cc2sccc2c(N2CCC(CNC3CC3)CC2)n1. The number of piperidine rings is 1. The number of aromatic nitrogens is 1. The quantitative estimate of drug-likeness (QED) is 0.935. The third kappa shape index (κ3) is 2.54. The molecule has 0 spiro atoms. The summed E-state index contributed by atoms with van der Waals surface area (Å²) in [6.07, 6.45) is 7.32. The molecule has 1 aliphatic carbocycles. The Morgan fingerprint density at radius 2 is 2.05 bits per heavy atom. The molecule has 4 heteroatoms. The molecule has 3 heterocycles. The maximum Gasteiger partial charge on any atom is 0.137 e. The van der Waals surface area contributed by atoms with Crippen LogP contribution >= 0.6 is 11.3 Å². The van der Waals surface area contributed by atoms with Gasteiger partial charge in [0.2, 0.25) is 0 Å². The molecule has 20 heavy (non-hydrogen) atoms. The minimum Gasteiger partial charge on any atom is -0.356 e. The van der Waals surface area contributed by atoms with E-state index in [9.17, 15) is 0 Å². The molecule has 1 saturated carbocycles. The first-order valence-corrected chi connectivity index (χ1v) is 8.58. The number of hydrogen-bond donors (Lipinski definition) is 1. The predicted octanol–water partition coefficient (Wildman–Crippen LogP) is 3.26. The fourth-order valence-electron chi connectivity index (χ4n) is 3.10. The summed E-state index contributed by atoms with van der Waals surface area (Å²) in [7, 11) is 0. The lowest BCUT2D eigenvalue weighted by Crippen LogP contribution is -2.38. The van der Waals surface area contributed by atoms with Crippen molar-refractivity contribution in [2.24, 2.45) is 5.92 Å². The van der Waals surface area contributed by atoms with Gasteiger partial charge in [-0.2, -0.15) is 0 Å². The lowest BCUT2D eigenvalue weighted by molar-refractivity contribution is 0.381. The maximum absolute atomic E-state index is 4.63. The first kappa shape index (κ1) is 12.6. The highest BCUT2D eigenvalue weighted by Gasteiger charge is 2.25. The van der Waals surface area contributed by atoms with Crippen LogP contribution in [0.2, 0.25) is 0 Å². The van der Waals surface area contributed by atoms with Crippen molar-refractivity contribution in [2.45, 2.75) is 31.7 Å². The van der Waals surface area contributed by atoms with Crippen molar-refractivity contribution in [2.75, 3.05) is 24.5 Å². The second-order valence-corrected chi connectivity index (χ2v) is 7.03. The zero-order valence-electron chi connectivity index (χ0n) is 11.7. The molecule has 2 aliphatic rings. The zero-order valence-corrected chi connectivity index (χ0v) is 12.5. The van der Waals surface area contributed by atoms with E-state index in [4.69, 9.17) is 0 Å². The van der Waals surface area contributed by atoms with Crippen molar-refractivity contribution >= 4 is 27.2 Å². The molecule has 2 aromatic heterocycles. The molecule has 1 aliphatic heterocycles. The number of anilines is 1. The molecule has 0 aromatic carbocycles. The normalized spacial score (nSPS) is 20.7. The van der Waals surface area contributed by atoms with Gasteiger partial charge in [0.15, 0.2) is 0 Å². The molecule has 0 amide bonds. The summed E-state index contributed by atoms with van der Waals surface area (Å²) in [5, 5.41) is 7.17. The van der Waals surface area contributed by atoms with Gasteiger partial charge in [-0.15, -0.1) is 11.3 Å². The number of hydrogen-bond acceptors (Lipinski definition) is 4. The summed E-state index contributed by atoms with van der Waals surface area (Å²) in [6, 6.07) is 5.17. The first-order chi connectivity index (χ1) is 9.90. The Morgan fingerprint density at radius 3 is 2.85 bits per heavy atom. The molecule has 1 saturated heterocycles. The Labute approximate surface area is 124 Å². The molecule has 3 nitrogen and oxygen atoms in total. The Bertz CT molecular complexity index is 582. The molecule has 0 unspecified atom stereocenters. The maximum atomic E-state index is 4.63. The molecule has 2 aromatic rings. The van der Waals surface area contributed by atoms with Gasteiger partial charge in [0.25, 0.3) is 0 Å². The van der Waals surface area contributed by atoms with Crippen molar-refractivity contribution in [3.63, 3.8) is 0 Å².